The molecule has 1 aromatic rings. The Labute approximate surface area is 66.3 Å². The van der Waals surface area contributed by atoms with Gasteiger partial charge in [0, 0.05) is 0 Å². The molecule has 0 aliphatic heterocycles. The topological polar surface area (TPSA) is 79.4 Å². The van der Waals surface area contributed by atoms with Crippen LogP contribution in [-0.2, 0) is 0 Å². The summed E-state index contributed by atoms with van der Waals surface area (Å²) < 4.78 is 24.0. The van der Waals surface area contributed by atoms with E-state index in [1.807, 2.05) is 0 Å². The number of pyridine rings is 1. The van der Waals surface area contributed by atoms with E-state index in [2.05, 4.69) is 4.98 Å². The summed E-state index contributed by atoms with van der Waals surface area (Å²) in [6.07, 6.45) is -2.15. The van der Waals surface area contributed by atoms with Crippen LogP contribution in [0.2, 0.25) is 0 Å². The lowest BCUT2D eigenvalue weighted by Gasteiger charge is -2.05. The Morgan fingerprint density at radius 3 is 2.50 bits per heavy atom. The van der Waals surface area contributed by atoms with E-state index in [-0.39, 0.29) is 0 Å². The standard InChI is InChI=1S/C6H6F2N2O2/c7-6(8)4-5(12)3(9)2(11)1-10-4/h1,6,11-12H,(H2,9,10). The molecule has 0 aliphatic carbocycles. The zero-order valence-electron chi connectivity index (χ0n) is 5.83. The maximum Gasteiger partial charge on any atom is 0.284 e. The second-order valence-electron chi connectivity index (χ2n) is 2.09. The fourth-order valence-electron chi connectivity index (χ4n) is 0.680. The van der Waals surface area contributed by atoms with Gasteiger partial charge in [0.2, 0.25) is 0 Å². The highest BCUT2D eigenvalue weighted by Gasteiger charge is 2.18. The van der Waals surface area contributed by atoms with Crippen molar-refractivity contribution in [2.75, 3.05) is 5.73 Å². The van der Waals surface area contributed by atoms with Crippen LogP contribution in [0.4, 0.5) is 14.5 Å². The quantitative estimate of drug-likeness (QED) is 0.596. The Bertz CT molecular complexity index is 304. The van der Waals surface area contributed by atoms with Crippen LogP contribution in [0.5, 0.6) is 11.5 Å². The average Bonchev–Trinajstić information content (AvgIpc) is 2.00. The molecular formula is C6H6F2N2O2. The van der Waals surface area contributed by atoms with Gasteiger partial charge in [-0.2, -0.15) is 0 Å². The van der Waals surface area contributed by atoms with Crippen LogP contribution >= 0.6 is 0 Å². The highest BCUT2D eigenvalue weighted by atomic mass is 19.3. The molecule has 0 spiro atoms. The second kappa shape index (κ2) is 2.80. The maximum atomic E-state index is 12.0. The van der Waals surface area contributed by atoms with Gasteiger partial charge in [0.05, 0.1) is 6.20 Å². The summed E-state index contributed by atoms with van der Waals surface area (Å²) in [6, 6.07) is 0. The lowest BCUT2D eigenvalue weighted by atomic mass is 10.3. The molecule has 0 aromatic carbocycles. The van der Waals surface area contributed by atoms with Crippen LogP contribution in [-0.4, -0.2) is 15.2 Å². The van der Waals surface area contributed by atoms with E-state index in [1.165, 1.54) is 0 Å². The number of alkyl halides is 2. The molecule has 1 heterocycles. The molecule has 0 saturated carbocycles. The van der Waals surface area contributed by atoms with Crippen LogP contribution in [0.1, 0.15) is 12.1 Å². The molecule has 4 nitrogen and oxygen atoms in total. The first-order valence-corrected chi connectivity index (χ1v) is 2.98. The van der Waals surface area contributed by atoms with Gasteiger partial charge in [-0.3, -0.25) is 0 Å². The van der Waals surface area contributed by atoms with Gasteiger partial charge < -0.3 is 15.9 Å². The zero-order valence-corrected chi connectivity index (χ0v) is 5.83. The van der Waals surface area contributed by atoms with Crippen molar-refractivity contribution in [3.8, 4) is 11.5 Å². The Hall–Kier alpha value is -1.59. The maximum absolute atomic E-state index is 12.0. The molecule has 0 aliphatic rings. The number of anilines is 1. The van der Waals surface area contributed by atoms with Gasteiger partial charge in [-0.15, -0.1) is 0 Å². The van der Waals surface area contributed by atoms with Crippen molar-refractivity contribution in [3.05, 3.63) is 11.9 Å². The third-order valence-corrected chi connectivity index (χ3v) is 1.31. The monoisotopic (exact) mass is 176 g/mol. The van der Waals surface area contributed by atoms with Crippen LogP contribution < -0.4 is 5.73 Å². The predicted molar refractivity (Wildman–Crippen MR) is 36.9 cm³/mol. The van der Waals surface area contributed by atoms with Crippen LogP contribution in [0.15, 0.2) is 6.20 Å². The molecular weight excluding hydrogens is 170 g/mol. The third-order valence-electron chi connectivity index (χ3n) is 1.31. The van der Waals surface area contributed by atoms with E-state index >= 15 is 0 Å². The van der Waals surface area contributed by atoms with E-state index in [0.29, 0.717) is 0 Å². The van der Waals surface area contributed by atoms with Crippen LogP contribution in [0.3, 0.4) is 0 Å². The Morgan fingerprint density at radius 2 is 2.00 bits per heavy atom. The largest absolute Gasteiger partial charge is 0.504 e. The molecule has 0 atom stereocenters. The molecule has 4 N–H and O–H groups in total. The van der Waals surface area contributed by atoms with Gasteiger partial charge in [0.15, 0.2) is 17.2 Å². The number of hydrogen-bond donors (Lipinski definition) is 3. The minimum atomic E-state index is -2.91. The first-order valence-electron chi connectivity index (χ1n) is 2.98. The van der Waals surface area contributed by atoms with E-state index in [1.54, 1.807) is 0 Å². The summed E-state index contributed by atoms with van der Waals surface area (Å²) in [6.45, 7) is 0. The van der Waals surface area contributed by atoms with Crippen LogP contribution in [0.25, 0.3) is 0 Å². The summed E-state index contributed by atoms with van der Waals surface area (Å²) in [5.41, 5.74) is 3.73. The summed E-state index contributed by atoms with van der Waals surface area (Å²) in [4.78, 5) is 3.11. The van der Waals surface area contributed by atoms with Crippen molar-refractivity contribution < 1.29 is 19.0 Å². The van der Waals surface area contributed by atoms with Crippen molar-refractivity contribution in [3.63, 3.8) is 0 Å². The fourth-order valence-corrected chi connectivity index (χ4v) is 0.680. The van der Waals surface area contributed by atoms with E-state index in [9.17, 15) is 8.78 Å². The lowest BCUT2D eigenvalue weighted by Crippen LogP contribution is -1.95. The molecule has 0 saturated heterocycles. The smallest absolute Gasteiger partial charge is 0.284 e. The highest BCUT2D eigenvalue weighted by Crippen LogP contribution is 2.35. The highest BCUT2D eigenvalue weighted by molar-refractivity contribution is 5.62. The third kappa shape index (κ3) is 1.23. The number of aromatic hydroxyl groups is 2. The Kier molecular flexibility index (Phi) is 1.99. The summed E-state index contributed by atoms with van der Waals surface area (Å²) >= 11 is 0. The summed E-state index contributed by atoms with van der Waals surface area (Å²) in [5.74, 6) is -1.39. The first kappa shape index (κ1) is 8.51. The number of aromatic nitrogens is 1. The number of nitrogens with zero attached hydrogens (tertiary/aromatic N) is 1. The SMILES string of the molecule is Nc1c(O)cnc(C(F)F)c1O. The van der Waals surface area contributed by atoms with E-state index < -0.39 is 29.3 Å². The molecule has 6 heteroatoms. The number of hydrogen-bond acceptors (Lipinski definition) is 4. The second-order valence-corrected chi connectivity index (χ2v) is 2.09. The van der Waals surface area contributed by atoms with Crippen molar-refractivity contribution >= 4 is 5.69 Å². The van der Waals surface area contributed by atoms with Gasteiger partial charge in [0.25, 0.3) is 6.43 Å². The molecule has 0 fully saturated rings. The van der Waals surface area contributed by atoms with Gasteiger partial charge in [-0.25, -0.2) is 13.8 Å². The number of nitrogen functional groups attached to an aromatic ring is 1. The number of halogens is 2. The molecule has 1 aromatic heterocycles. The van der Waals surface area contributed by atoms with E-state index in [4.69, 9.17) is 15.9 Å². The van der Waals surface area contributed by atoms with Crippen molar-refractivity contribution in [1.82, 2.24) is 4.98 Å². The average molecular weight is 176 g/mol. The predicted octanol–water partition coefficient (Wildman–Crippen LogP) is 1.01. The zero-order chi connectivity index (χ0) is 9.30. The van der Waals surface area contributed by atoms with Crippen molar-refractivity contribution in [2.24, 2.45) is 0 Å². The lowest BCUT2D eigenvalue weighted by molar-refractivity contribution is 0.142. The van der Waals surface area contributed by atoms with Gasteiger partial charge in [0.1, 0.15) is 5.69 Å². The molecule has 1 rings (SSSR count). The Morgan fingerprint density at radius 1 is 1.42 bits per heavy atom. The van der Waals surface area contributed by atoms with Gasteiger partial charge in [-0.1, -0.05) is 0 Å². The Balaban J connectivity index is 3.27. The molecule has 12 heavy (non-hydrogen) atoms. The number of rotatable bonds is 1. The normalized spacial score (nSPS) is 10.6. The van der Waals surface area contributed by atoms with Gasteiger partial charge >= 0.3 is 0 Å². The number of nitrogens with two attached hydrogens (primary N) is 1. The van der Waals surface area contributed by atoms with Gasteiger partial charge in [-0.05, 0) is 0 Å². The minimum absolute atomic E-state index is 0.486. The van der Waals surface area contributed by atoms with E-state index in [0.717, 1.165) is 6.20 Å². The molecule has 0 unspecified atom stereocenters. The summed E-state index contributed by atoms with van der Waals surface area (Å²) in [5, 5.41) is 17.7. The van der Waals surface area contributed by atoms with Crippen LogP contribution in [0, 0.1) is 0 Å². The molecule has 0 amide bonds. The molecule has 0 bridgehead atoms. The molecule has 66 valence electrons. The minimum Gasteiger partial charge on any atom is -0.504 e. The summed E-state index contributed by atoms with van der Waals surface area (Å²) in [7, 11) is 0. The fraction of sp³-hybridized carbons (Fsp3) is 0.167. The molecule has 0 radical (unpaired) electrons. The van der Waals surface area contributed by atoms with Crippen molar-refractivity contribution in [2.45, 2.75) is 6.43 Å². The first-order chi connectivity index (χ1) is 5.54. The van der Waals surface area contributed by atoms with Crippen molar-refractivity contribution in [1.29, 1.82) is 0 Å².